The lowest BCUT2D eigenvalue weighted by molar-refractivity contribution is -0.137. The summed E-state index contributed by atoms with van der Waals surface area (Å²) in [6.07, 6.45) is 0.383. The number of piperazine rings is 1. The Hall–Kier alpha value is -2.94. The summed E-state index contributed by atoms with van der Waals surface area (Å²) in [6.45, 7) is 4.47. The Balaban J connectivity index is 1.50. The van der Waals surface area contributed by atoms with E-state index in [4.69, 9.17) is 4.52 Å². The lowest BCUT2D eigenvalue weighted by atomic mass is 10.00. The van der Waals surface area contributed by atoms with Crippen LogP contribution < -0.4 is 0 Å². The minimum atomic E-state index is -4.55. The third-order valence-corrected chi connectivity index (χ3v) is 6.80. The zero-order chi connectivity index (χ0) is 23.2. The van der Waals surface area contributed by atoms with Crippen molar-refractivity contribution in [1.29, 1.82) is 0 Å². The molecule has 9 heteroatoms. The summed E-state index contributed by atoms with van der Waals surface area (Å²) < 4.78 is 46.1. The maximum Gasteiger partial charge on any atom is 0.417 e. The number of carbonyl (C=O) groups is 1. The van der Waals surface area contributed by atoms with Crippen LogP contribution in [0.25, 0.3) is 22.4 Å². The Morgan fingerprint density at radius 3 is 2.48 bits per heavy atom. The third kappa shape index (κ3) is 4.10. The molecule has 0 atom stereocenters. The molecule has 3 heterocycles. The molecule has 2 fully saturated rings. The molecule has 174 valence electrons. The Kier molecular flexibility index (Phi) is 5.60. The highest BCUT2D eigenvalue weighted by Gasteiger charge is 2.35. The van der Waals surface area contributed by atoms with Gasteiger partial charge < -0.3 is 9.42 Å². The Bertz CT molecular complexity index is 1180. The predicted molar refractivity (Wildman–Crippen MR) is 117 cm³/mol. The van der Waals surface area contributed by atoms with E-state index in [2.05, 4.69) is 15.0 Å². The fraction of sp³-hybridized carbons (Fsp3) is 0.458. The molecule has 1 aliphatic carbocycles. The summed E-state index contributed by atoms with van der Waals surface area (Å²) in [6, 6.07) is 7.26. The van der Waals surface area contributed by atoms with Gasteiger partial charge in [0.25, 0.3) is 11.6 Å². The number of pyridine rings is 1. The number of hydrogen-bond acceptors (Lipinski definition) is 5. The number of alkyl halides is 3. The van der Waals surface area contributed by atoms with Gasteiger partial charge in [0.05, 0.1) is 27.9 Å². The monoisotopic (exact) mass is 458 g/mol. The molecule has 0 N–H and O–H groups in total. The van der Waals surface area contributed by atoms with Crippen molar-refractivity contribution < 1.29 is 22.5 Å². The minimum absolute atomic E-state index is 0.0412. The Labute approximate surface area is 189 Å². The summed E-state index contributed by atoms with van der Waals surface area (Å²) >= 11 is 0. The number of fused-ring (bicyclic) bond motifs is 1. The SMILES string of the molecule is Cc1noc2nc(-c3ccccc3C(F)(F)F)cc(C(=O)N3CCN(C4CCCC4)CC3)c12. The molecule has 2 aliphatic rings. The van der Waals surface area contributed by atoms with Gasteiger partial charge in [0, 0.05) is 37.8 Å². The number of halogens is 3. The highest BCUT2D eigenvalue weighted by Crippen LogP contribution is 2.38. The van der Waals surface area contributed by atoms with Crippen molar-refractivity contribution in [3.63, 3.8) is 0 Å². The molecule has 0 unspecified atom stereocenters. The zero-order valence-corrected chi connectivity index (χ0v) is 18.4. The Morgan fingerprint density at radius 1 is 1.09 bits per heavy atom. The molecule has 1 saturated heterocycles. The first-order valence-corrected chi connectivity index (χ1v) is 11.3. The third-order valence-electron chi connectivity index (χ3n) is 6.80. The highest BCUT2D eigenvalue weighted by atomic mass is 19.4. The molecule has 1 amide bonds. The molecule has 33 heavy (non-hydrogen) atoms. The van der Waals surface area contributed by atoms with Crippen molar-refractivity contribution in [2.24, 2.45) is 0 Å². The van der Waals surface area contributed by atoms with Crippen LogP contribution in [-0.2, 0) is 6.18 Å². The van der Waals surface area contributed by atoms with Gasteiger partial charge in [-0.15, -0.1) is 0 Å². The molecule has 1 saturated carbocycles. The van der Waals surface area contributed by atoms with Crippen LogP contribution >= 0.6 is 0 Å². The number of carbonyl (C=O) groups excluding carboxylic acids is 1. The van der Waals surface area contributed by atoms with Crippen LogP contribution in [0.3, 0.4) is 0 Å². The minimum Gasteiger partial charge on any atom is -0.336 e. The molecule has 0 radical (unpaired) electrons. The lowest BCUT2D eigenvalue weighted by Gasteiger charge is -2.38. The van der Waals surface area contributed by atoms with Gasteiger partial charge in [-0.05, 0) is 31.9 Å². The summed E-state index contributed by atoms with van der Waals surface area (Å²) in [5.41, 5.74) is -0.0340. The molecule has 1 aromatic carbocycles. The summed E-state index contributed by atoms with van der Waals surface area (Å²) in [5, 5.41) is 4.37. The standard InChI is InChI=1S/C24H25F3N4O2/c1-15-21-18(23(32)31-12-10-30(11-13-31)16-6-2-3-7-16)14-20(28-22(21)33-29-15)17-8-4-5-9-19(17)24(25,26)27/h4-5,8-9,14,16H,2-3,6-7,10-13H2,1H3. The zero-order valence-electron chi connectivity index (χ0n) is 18.4. The van der Waals surface area contributed by atoms with E-state index in [9.17, 15) is 18.0 Å². The van der Waals surface area contributed by atoms with Gasteiger partial charge in [-0.1, -0.05) is 36.2 Å². The Morgan fingerprint density at radius 2 is 1.79 bits per heavy atom. The number of amides is 1. The quantitative estimate of drug-likeness (QED) is 0.558. The highest BCUT2D eigenvalue weighted by molar-refractivity contribution is 6.07. The van der Waals surface area contributed by atoms with Crippen LogP contribution in [0.5, 0.6) is 0 Å². The summed E-state index contributed by atoms with van der Waals surface area (Å²) in [5.74, 6) is -0.231. The van der Waals surface area contributed by atoms with Crippen molar-refractivity contribution in [2.75, 3.05) is 26.2 Å². The number of rotatable bonds is 3. The average molecular weight is 458 g/mol. The van der Waals surface area contributed by atoms with E-state index in [1.807, 2.05) is 0 Å². The van der Waals surface area contributed by atoms with E-state index < -0.39 is 11.7 Å². The molecule has 0 bridgehead atoms. The van der Waals surface area contributed by atoms with Crippen LogP contribution in [-0.4, -0.2) is 58.1 Å². The van der Waals surface area contributed by atoms with Crippen molar-refractivity contribution in [1.82, 2.24) is 19.9 Å². The van der Waals surface area contributed by atoms with Crippen molar-refractivity contribution in [2.45, 2.75) is 44.8 Å². The number of hydrogen-bond donors (Lipinski definition) is 0. The second-order valence-corrected chi connectivity index (χ2v) is 8.81. The van der Waals surface area contributed by atoms with Gasteiger partial charge in [0.15, 0.2) is 0 Å². The summed E-state index contributed by atoms with van der Waals surface area (Å²) in [4.78, 5) is 22.1. The molecule has 5 rings (SSSR count). The van der Waals surface area contributed by atoms with Crippen molar-refractivity contribution in [3.8, 4) is 11.3 Å². The van der Waals surface area contributed by atoms with E-state index in [0.717, 1.165) is 19.2 Å². The topological polar surface area (TPSA) is 62.5 Å². The molecule has 6 nitrogen and oxygen atoms in total. The van der Waals surface area contributed by atoms with Gasteiger partial charge in [0.1, 0.15) is 0 Å². The van der Waals surface area contributed by atoms with Crippen LogP contribution in [0.2, 0.25) is 0 Å². The number of aryl methyl sites for hydroxylation is 1. The van der Waals surface area contributed by atoms with E-state index in [1.54, 1.807) is 11.8 Å². The van der Waals surface area contributed by atoms with E-state index in [1.165, 1.54) is 49.9 Å². The number of nitrogens with zero attached hydrogens (tertiary/aromatic N) is 4. The van der Waals surface area contributed by atoms with E-state index in [0.29, 0.717) is 30.2 Å². The predicted octanol–water partition coefficient (Wildman–Crippen LogP) is 4.92. The molecule has 2 aromatic heterocycles. The normalized spacial score (nSPS) is 18.4. The number of aromatic nitrogens is 2. The molecule has 1 aliphatic heterocycles. The molecule has 3 aromatic rings. The molecular weight excluding hydrogens is 433 g/mol. The fourth-order valence-corrected chi connectivity index (χ4v) is 5.08. The van der Waals surface area contributed by atoms with Crippen LogP contribution in [0, 0.1) is 6.92 Å². The maximum absolute atomic E-state index is 13.6. The van der Waals surface area contributed by atoms with Crippen molar-refractivity contribution >= 4 is 17.0 Å². The second kappa shape index (κ2) is 8.44. The first-order valence-electron chi connectivity index (χ1n) is 11.3. The van der Waals surface area contributed by atoms with Crippen LogP contribution in [0.4, 0.5) is 13.2 Å². The van der Waals surface area contributed by atoms with Gasteiger partial charge in [-0.25, -0.2) is 4.98 Å². The maximum atomic E-state index is 13.6. The van der Waals surface area contributed by atoms with Crippen molar-refractivity contribution in [3.05, 3.63) is 47.2 Å². The average Bonchev–Trinajstić information content (AvgIpc) is 3.48. The van der Waals surface area contributed by atoms with E-state index in [-0.39, 0.29) is 28.4 Å². The molecule has 0 spiro atoms. The number of benzene rings is 1. The van der Waals surface area contributed by atoms with E-state index >= 15 is 0 Å². The van der Waals surface area contributed by atoms with Gasteiger partial charge in [-0.3, -0.25) is 9.69 Å². The van der Waals surface area contributed by atoms with Crippen LogP contribution in [0.1, 0.15) is 47.3 Å². The molecular formula is C24H25F3N4O2. The van der Waals surface area contributed by atoms with Gasteiger partial charge >= 0.3 is 6.18 Å². The van der Waals surface area contributed by atoms with Gasteiger partial charge in [-0.2, -0.15) is 13.2 Å². The fourth-order valence-electron chi connectivity index (χ4n) is 5.08. The van der Waals surface area contributed by atoms with Crippen LogP contribution in [0.15, 0.2) is 34.9 Å². The van der Waals surface area contributed by atoms with Gasteiger partial charge in [0.2, 0.25) is 0 Å². The largest absolute Gasteiger partial charge is 0.417 e. The second-order valence-electron chi connectivity index (χ2n) is 8.81. The first kappa shape index (κ1) is 21.9. The lowest BCUT2D eigenvalue weighted by Crippen LogP contribution is -2.51. The first-order chi connectivity index (χ1) is 15.8. The summed E-state index contributed by atoms with van der Waals surface area (Å²) in [7, 11) is 0. The smallest absolute Gasteiger partial charge is 0.336 e.